The van der Waals surface area contributed by atoms with Gasteiger partial charge in [0.05, 0.1) is 0 Å². The Hall–Kier alpha value is -2.19. The van der Waals surface area contributed by atoms with Crippen LogP contribution in [0.3, 0.4) is 0 Å². The summed E-state index contributed by atoms with van der Waals surface area (Å²) in [6, 6.07) is 0. The van der Waals surface area contributed by atoms with Crippen molar-refractivity contribution in [2.24, 2.45) is 0 Å². The normalized spacial score (nSPS) is 10.8. The van der Waals surface area contributed by atoms with E-state index in [1.54, 1.807) is 0 Å². The van der Waals surface area contributed by atoms with Crippen molar-refractivity contribution in [3.8, 4) is 0 Å². The van der Waals surface area contributed by atoms with Crippen molar-refractivity contribution in [1.29, 1.82) is 0 Å². The molecule has 0 saturated heterocycles. The molecule has 0 aromatic heterocycles. The highest BCUT2D eigenvalue weighted by atomic mass is 16.4. The van der Waals surface area contributed by atoms with E-state index >= 15 is 0 Å². The maximum absolute atomic E-state index is 10.6. The van der Waals surface area contributed by atoms with Gasteiger partial charge in [0.15, 0.2) is 0 Å². The molecule has 0 aliphatic carbocycles. The second-order valence-corrected chi connectivity index (χ2v) is 3.60. The van der Waals surface area contributed by atoms with Gasteiger partial charge >= 0.3 is 17.9 Å². The van der Waals surface area contributed by atoms with Crippen LogP contribution in [0.5, 0.6) is 0 Å². The van der Waals surface area contributed by atoms with Gasteiger partial charge in [0, 0.05) is 42.8 Å². The molecule has 0 aliphatic heterocycles. The van der Waals surface area contributed by atoms with Crippen LogP contribution in [0.4, 0.5) is 0 Å². The Morgan fingerprint density at radius 1 is 0.800 bits per heavy atom. The van der Waals surface area contributed by atoms with Crippen LogP contribution in [-0.2, 0) is 14.4 Å². The SMILES string of the molecule is C=C(C)C(=O)O.O=C(O)/C(CCO)=C(\CCO)C(=O)O. The minimum Gasteiger partial charge on any atom is -0.478 e. The molecular weight excluding hydrogens is 272 g/mol. The number of aliphatic carboxylic acids is 3. The van der Waals surface area contributed by atoms with Gasteiger partial charge in [0.2, 0.25) is 0 Å². The van der Waals surface area contributed by atoms with Gasteiger partial charge in [-0.05, 0) is 6.92 Å². The topological polar surface area (TPSA) is 152 Å². The lowest BCUT2D eigenvalue weighted by Crippen LogP contribution is -2.13. The van der Waals surface area contributed by atoms with Crippen molar-refractivity contribution >= 4 is 17.9 Å². The lowest BCUT2D eigenvalue weighted by molar-refractivity contribution is -0.136. The fourth-order valence-electron chi connectivity index (χ4n) is 0.997. The van der Waals surface area contributed by atoms with Gasteiger partial charge in [0.1, 0.15) is 0 Å². The van der Waals surface area contributed by atoms with E-state index in [9.17, 15) is 14.4 Å². The van der Waals surface area contributed by atoms with Crippen molar-refractivity contribution in [3.63, 3.8) is 0 Å². The standard InChI is InChI=1S/C8H12O6.C4H6O2/c9-3-1-5(7(11)12)6(2-4-10)8(13)14;1-3(2)4(5)6/h9-10H,1-4H2,(H,11,12)(H,13,14);1H2,2H3,(H,5,6)/b6-5+;. The van der Waals surface area contributed by atoms with Crippen LogP contribution >= 0.6 is 0 Å². The first-order valence-corrected chi connectivity index (χ1v) is 5.48. The third kappa shape index (κ3) is 8.84. The van der Waals surface area contributed by atoms with Crippen LogP contribution in [0.25, 0.3) is 0 Å². The van der Waals surface area contributed by atoms with Crippen LogP contribution in [0.15, 0.2) is 23.3 Å². The minimum absolute atomic E-state index is 0.176. The van der Waals surface area contributed by atoms with Crippen molar-refractivity contribution in [2.45, 2.75) is 19.8 Å². The summed E-state index contributed by atoms with van der Waals surface area (Å²) in [7, 11) is 0. The average Bonchev–Trinajstić information content (AvgIpc) is 2.33. The Bertz CT molecular complexity index is 370. The molecule has 0 aromatic rings. The number of rotatable bonds is 7. The highest BCUT2D eigenvalue weighted by Gasteiger charge is 2.18. The summed E-state index contributed by atoms with van der Waals surface area (Å²) in [6.07, 6.45) is -0.478. The molecule has 114 valence electrons. The van der Waals surface area contributed by atoms with E-state index in [1.807, 2.05) is 0 Å². The number of hydrogen-bond acceptors (Lipinski definition) is 5. The molecule has 0 fully saturated rings. The maximum atomic E-state index is 10.6. The maximum Gasteiger partial charge on any atom is 0.332 e. The molecule has 0 saturated carbocycles. The molecule has 20 heavy (non-hydrogen) atoms. The largest absolute Gasteiger partial charge is 0.478 e. The molecule has 5 N–H and O–H groups in total. The lowest BCUT2D eigenvalue weighted by atomic mass is 10.0. The van der Waals surface area contributed by atoms with Crippen LogP contribution in [0, 0.1) is 0 Å². The van der Waals surface area contributed by atoms with Crippen LogP contribution in [0.2, 0.25) is 0 Å². The van der Waals surface area contributed by atoms with Crippen molar-refractivity contribution in [3.05, 3.63) is 23.3 Å². The van der Waals surface area contributed by atoms with Crippen LogP contribution < -0.4 is 0 Å². The van der Waals surface area contributed by atoms with Crippen molar-refractivity contribution in [1.82, 2.24) is 0 Å². The molecule has 0 rings (SSSR count). The Balaban J connectivity index is 0. The van der Waals surface area contributed by atoms with Crippen molar-refractivity contribution in [2.75, 3.05) is 13.2 Å². The zero-order valence-corrected chi connectivity index (χ0v) is 11.0. The highest BCUT2D eigenvalue weighted by Crippen LogP contribution is 2.13. The molecule has 0 amide bonds. The number of hydrogen-bond donors (Lipinski definition) is 5. The third-order valence-electron chi connectivity index (χ3n) is 1.97. The molecule has 0 aromatic carbocycles. The summed E-state index contributed by atoms with van der Waals surface area (Å²) in [5.41, 5.74) is -0.557. The first-order chi connectivity index (χ1) is 9.18. The van der Waals surface area contributed by atoms with Gasteiger partial charge in [-0.3, -0.25) is 0 Å². The summed E-state index contributed by atoms with van der Waals surface area (Å²) in [6.45, 7) is 3.72. The number of carbonyl (C=O) groups is 3. The molecule has 0 unspecified atom stereocenters. The molecular formula is C12H18O8. The fraction of sp³-hybridized carbons (Fsp3) is 0.417. The molecule has 0 radical (unpaired) electrons. The number of carboxylic acid groups (broad SMARTS) is 3. The summed E-state index contributed by atoms with van der Waals surface area (Å²) in [4.78, 5) is 30.8. The van der Waals surface area contributed by atoms with Crippen LogP contribution in [-0.4, -0.2) is 56.7 Å². The second kappa shape index (κ2) is 10.7. The summed E-state index contributed by atoms with van der Waals surface area (Å²) in [5.74, 6) is -3.70. The Morgan fingerprint density at radius 2 is 1.05 bits per heavy atom. The second-order valence-electron chi connectivity index (χ2n) is 3.60. The lowest BCUT2D eigenvalue weighted by Gasteiger charge is -2.05. The monoisotopic (exact) mass is 290 g/mol. The predicted octanol–water partition coefficient (Wildman–Crippen LogP) is -0.136. The first-order valence-electron chi connectivity index (χ1n) is 5.48. The molecule has 0 heterocycles. The average molecular weight is 290 g/mol. The minimum atomic E-state index is -1.38. The Labute approximate surface area is 115 Å². The van der Waals surface area contributed by atoms with E-state index in [0.29, 0.717) is 0 Å². The molecule has 0 bridgehead atoms. The Kier molecular flexibility index (Phi) is 10.8. The van der Waals surface area contributed by atoms with Gasteiger partial charge in [-0.1, -0.05) is 6.58 Å². The van der Waals surface area contributed by atoms with Gasteiger partial charge in [0.25, 0.3) is 0 Å². The van der Waals surface area contributed by atoms with E-state index in [2.05, 4.69) is 6.58 Å². The van der Waals surface area contributed by atoms with E-state index in [4.69, 9.17) is 25.5 Å². The number of aliphatic hydroxyl groups is 2. The smallest absolute Gasteiger partial charge is 0.332 e. The van der Waals surface area contributed by atoms with E-state index in [1.165, 1.54) is 6.92 Å². The first kappa shape index (κ1) is 20.1. The van der Waals surface area contributed by atoms with Gasteiger partial charge in [-0.2, -0.15) is 0 Å². The molecule has 0 spiro atoms. The van der Waals surface area contributed by atoms with E-state index < -0.39 is 31.1 Å². The number of carboxylic acids is 3. The molecule has 0 atom stereocenters. The summed E-state index contributed by atoms with van der Waals surface area (Å²) in [5, 5.41) is 42.2. The highest BCUT2D eigenvalue weighted by molar-refractivity contribution is 5.98. The summed E-state index contributed by atoms with van der Waals surface area (Å²) >= 11 is 0. The zero-order valence-electron chi connectivity index (χ0n) is 11.0. The molecule has 8 heteroatoms. The van der Waals surface area contributed by atoms with E-state index in [-0.39, 0.29) is 29.6 Å². The van der Waals surface area contributed by atoms with E-state index in [0.717, 1.165) is 0 Å². The molecule has 0 aliphatic rings. The quantitative estimate of drug-likeness (QED) is 0.406. The van der Waals surface area contributed by atoms with Gasteiger partial charge in [-0.15, -0.1) is 0 Å². The zero-order chi connectivity index (χ0) is 16.3. The Morgan fingerprint density at radius 3 is 1.15 bits per heavy atom. The summed E-state index contributed by atoms with van der Waals surface area (Å²) < 4.78 is 0. The van der Waals surface area contributed by atoms with Gasteiger partial charge < -0.3 is 25.5 Å². The number of aliphatic hydroxyl groups excluding tert-OH is 2. The predicted molar refractivity (Wildman–Crippen MR) is 68.2 cm³/mol. The van der Waals surface area contributed by atoms with Crippen molar-refractivity contribution < 1.29 is 39.9 Å². The third-order valence-corrected chi connectivity index (χ3v) is 1.97. The van der Waals surface area contributed by atoms with Crippen LogP contribution in [0.1, 0.15) is 19.8 Å². The fourth-order valence-corrected chi connectivity index (χ4v) is 0.997. The molecule has 8 nitrogen and oxygen atoms in total. The van der Waals surface area contributed by atoms with Gasteiger partial charge in [-0.25, -0.2) is 14.4 Å².